The van der Waals surface area contributed by atoms with Gasteiger partial charge in [-0.25, -0.2) is 4.57 Å². The van der Waals surface area contributed by atoms with Crippen LogP contribution < -0.4 is 15.2 Å². The van der Waals surface area contributed by atoms with Gasteiger partial charge in [0, 0.05) is 32.2 Å². The molecule has 258 valence electrons. The third kappa shape index (κ3) is 14.5. The molecular weight excluding hydrogens is 564 g/mol. The highest BCUT2D eigenvalue weighted by molar-refractivity contribution is 5.52. The van der Waals surface area contributed by atoms with Crippen molar-refractivity contribution >= 4 is 12.0 Å². The summed E-state index contributed by atoms with van der Waals surface area (Å²) in [4.78, 5) is 15.9. The van der Waals surface area contributed by atoms with Crippen LogP contribution >= 0.6 is 0 Å². The quantitative estimate of drug-likeness (QED) is 0.0869. The molecule has 0 spiro atoms. The van der Waals surface area contributed by atoms with Crippen molar-refractivity contribution < 1.29 is 9.36 Å². The summed E-state index contributed by atoms with van der Waals surface area (Å²) in [5, 5.41) is 0. The van der Waals surface area contributed by atoms with E-state index in [9.17, 15) is 4.79 Å². The standard InChI is InChI=1S/C25H37NO.C10H17N2.C6H15N/c1-5-6-22-15-21(9-10-25(22)20-7-8-20)23-16-24(26(17-23)11-12-27)14-19(4)13-18(2)3;1-4-7-12(3)10-6-5-8-11(2)9-10;1-2-3-4-5-6-7/h9-10,12-13,15,19-20,23-24H,5-8,11,14,16-17H2,1-4H3;5-6,8-9H,4,7H2,1-3H3;2-7H2,1H3/q;+1;. The number of anilines is 1. The van der Waals surface area contributed by atoms with Crippen molar-refractivity contribution in [1.29, 1.82) is 0 Å². The number of unbranched alkanes of at least 4 members (excludes halogenated alkanes) is 3. The Morgan fingerprint density at radius 1 is 1.07 bits per heavy atom. The van der Waals surface area contributed by atoms with E-state index in [4.69, 9.17) is 5.73 Å². The molecular formula is C41H69N4O+. The molecule has 46 heavy (non-hydrogen) atoms. The summed E-state index contributed by atoms with van der Waals surface area (Å²) in [6.07, 6.45) is 21.5. The summed E-state index contributed by atoms with van der Waals surface area (Å²) in [5.74, 6) is 1.96. The molecule has 0 bridgehead atoms. The molecule has 1 saturated carbocycles. The zero-order valence-electron chi connectivity index (χ0n) is 30.9. The smallest absolute Gasteiger partial charge is 0.192 e. The van der Waals surface area contributed by atoms with E-state index in [1.807, 2.05) is 13.2 Å². The lowest BCUT2D eigenvalue weighted by Crippen LogP contribution is -2.32. The molecule has 1 saturated heterocycles. The Hall–Kier alpha value is -2.50. The number of carbonyl (C=O) groups excluding carboxylic acids is 1. The number of hydrogen-bond acceptors (Lipinski definition) is 4. The van der Waals surface area contributed by atoms with Crippen molar-refractivity contribution in [1.82, 2.24) is 4.90 Å². The van der Waals surface area contributed by atoms with E-state index in [1.54, 1.807) is 11.1 Å². The highest BCUT2D eigenvalue weighted by atomic mass is 16.1. The van der Waals surface area contributed by atoms with E-state index in [-0.39, 0.29) is 0 Å². The van der Waals surface area contributed by atoms with Gasteiger partial charge in [0.25, 0.3) is 0 Å². The molecule has 4 rings (SSSR count). The van der Waals surface area contributed by atoms with E-state index in [2.05, 4.69) is 106 Å². The van der Waals surface area contributed by atoms with Gasteiger partial charge < -0.3 is 15.4 Å². The fourth-order valence-corrected chi connectivity index (χ4v) is 6.85. The molecule has 1 aliphatic carbocycles. The molecule has 1 aromatic carbocycles. The molecule has 2 N–H and O–H groups in total. The van der Waals surface area contributed by atoms with Crippen LogP contribution in [-0.4, -0.2) is 50.5 Å². The van der Waals surface area contributed by atoms with Gasteiger partial charge in [0.1, 0.15) is 19.0 Å². The van der Waals surface area contributed by atoms with Crippen LogP contribution in [0.25, 0.3) is 0 Å². The third-order valence-electron chi connectivity index (χ3n) is 9.26. The normalized spacial score (nSPS) is 18.1. The third-order valence-corrected chi connectivity index (χ3v) is 9.26. The Morgan fingerprint density at radius 2 is 1.83 bits per heavy atom. The first kappa shape index (κ1) is 39.7. The number of aromatic nitrogens is 1. The highest BCUT2D eigenvalue weighted by Gasteiger charge is 2.34. The number of nitrogens with two attached hydrogens (primary N) is 1. The van der Waals surface area contributed by atoms with Gasteiger partial charge >= 0.3 is 0 Å². The van der Waals surface area contributed by atoms with Crippen LogP contribution in [0.15, 0.2) is 54.4 Å². The maximum atomic E-state index is 11.2. The van der Waals surface area contributed by atoms with Crippen LogP contribution in [0.4, 0.5) is 5.69 Å². The van der Waals surface area contributed by atoms with E-state index < -0.39 is 0 Å². The van der Waals surface area contributed by atoms with Crippen LogP contribution in [0, 0.1) is 5.92 Å². The largest absolute Gasteiger partial charge is 0.370 e. The van der Waals surface area contributed by atoms with Crippen LogP contribution in [0.5, 0.6) is 0 Å². The number of allylic oxidation sites excluding steroid dienone is 2. The molecule has 2 fully saturated rings. The average molecular weight is 634 g/mol. The van der Waals surface area contributed by atoms with E-state index in [0.29, 0.717) is 24.4 Å². The number of rotatable bonds is 16. The van der Waals surface area contributed by atoms with E-state index in [1.165, 1.54) is 81.0 Å². The van der Waals surface area contributed by atoms with Crippen molar-refractivity contribution in [2.45, 2.75) is 130 Å². The average Bonchev–Trinajstić information content (AvgIpc) is 3.79. The summed E-state index contributed by atoms with van der Waals surface area (Å²) in [6, 6.07) is 12.0. The van der Waals surface area contributed by atoms with Gasteiger partial charge in [-0.3, -0.25) is 4.90 Å². The van der Waals surface area contributed by atoms with Crippen molar-refractivity contribution in [2.75, 3.05) is 38.1 Å². The monoisotopic (exact) mass is 634 g/mol. The predicted octanol–water partition coefficient (Wildman–Crippen LogP) is 8.75. The Balaban J connectivity index is 0.000000319. The molecule has 1 aromatic heterocycles. The SMILES string of the molecule is CCCCCCN.CCCN(C)c1ccc[n+](C)c1.CCCc1cc(C2CC(CC(C)C=C(C)C)N(CC=O)C2)ccc1C1CC1. The molecule has 2 aliphatic rings. The van der Waals surface area contributed by atoms with Crippen LogP contribution in [0.3, 0.4) is 0 Å². The predicted molar refractivity (Wildman–Crippen MR) is 199 cm³/mol. The number of benzene rings is 1. The minimum absolute atomic E-state index is 0.517. The molecule has 3 atom stereocenters. The first-order valence-corrected chi connectivity index (χ1v) is 18.5. The molecule has 5 nitrogen and oxygen atoms in total. The van der Waals surface area contributed by atoms with Gasteiger partial charge in [-0.2, -0.15) is 0 Å². The summed E-state index contributed by atoms with van der Waals surface area (Å²) in [7, 11) is 4.17. The Bertz CT molecular complexity index is 1150. The number of nitrogens with zero attached hydrogens (tertiary/aromatic N) is 3. The number of likely N-dealkylation sites (tertiary alicyclic amines) is 1. The second kappa shape index (κ2) is 22.1. The maximum absolute atomic E-state index is 11.2. The van der Waals surface area contributed by atoms with E-state index in [0.717, 1.165) is 38.3 Å². The second-order valence-corrected chi connectivity index (χ2v) is 14.1. The maximum Gasteiger partial charge on any atom is 0.192 e. The van der Waals surface area contributed by atoms with Crippen LogP contribution in [0.1, 0.15) is 134 Å². The first-order chi connectivity index (χ1) is 22.2. The first-order valence-electron chi connectivity index (χ1n) is 18.5. The van der Waals surface area contributed by atoms with Crippen molar-refractivity contribution in [3.05, 3.63) is 71.1 Å². The highest BCUT2D eigenvalue weighted by Crippen LogP contribution is 2.43. The molecule has 2 aromatic rings. The van der Waals surface area contributed by atoms with E-state index >= 15 is 0 Å². The van der Waals surface area contributed by atoms with Gasteiger partial charge in [-0.05, 0) is 106 Å². The fourth-order valence-electron chi connectivity index (χ4n) is 6.85. The molecule has 2 heterocycles. The van der Waals surface area contributed by atoms with Crippen LogP contribution in [0.2, 0.25) is 0 Å². The molecule has 5 heteroatoms. The molecule has 0 radical (unpaired) electrons. The zero-order chi connectivity index (χ0) is 33.9. The zero-order valence-corrected chi connectivity index (χ0v) is 30.9. The fraction of sp³-hybridized carbons (Fsp3) is 0.659. The summed E-state index contributed by atoms with van der Waals surface area (Å²) >= 11 is 0. The minimum atomic E-state index is 0.517. The van der Waals surface area contributed by atoms with Gasteiger partial charge in [-0.15, -0.1) is 0 Å². The number of hydrogen-bond donors (Lipinski definition) is 1. The summed E-state index contributed by atoms with van der Waals surface area (Å²) in [6.45, 7) is 16.9. The van der Waals surface area contributed by atoms with Crippen molar-refractivity contribution in [3.8, 4) is 0 Å². The minimum Gasteiger partial charge on any atom is -0.370 e. The second-order valence-electron chi connectivity index (χ2n) is 14.1. The number of aldehydes is 1. The lowest BCUT2D eigenvalue weighted by atomic mass is 9.89. The Morgan fingerprint density at radius 3 is 2.41 bits per heavy atom. The van der Waals surface area contributed by atoms with Gasteiger partial charge in [0.05, 0.1) is 6.54 Å². The number of carbonyl (C=O) groups is 1. The molecule has 3 unspecified atom stereocenters. The lowest BCUT2D eigenvalue weighted by molar-refractivity contribution is -0.670. The van der Waals surface area contributed by atoms with Crippen molar-refractivity contribution in [3.63, 3.8) is 0 Å². The summed E-state index contributed by atoms with van der Waals surface area (Å²) < 4.78 is 2.07. The topological polar surface area (TPSA) is 53.5 Å². The summed E-state index contributed by atoms with van der Waals surface area (Å²) in [5.41, 5.74) is 12.6. The Kier molecular flexibility index (Phi) is 19.1. The van der Waals surface area contributed by atoms with Crippen LogP contribution in [-0.2, 0) is 18.3 Å². The van der Waals surface area contributed by atoms with Gasteiger partial charge in [-0.1, -0.05) is 83.2 Å². The number of aryl methyl sites for hydroxylation is 2. The molecule has 1 aliphatic heterocycles. The molecule has 0 amide bonds. The van der Waals surface area contributed by atoms with Gasteiger partial charge in [0.2, 0.25) is 0 Å². The van der Waals surface area contributed by atoms with Crippen molar-refractivity contribution in [2.24, 2.45) is 18.7 Å². The Labute approximate surface area is 283 Å². The lowest BCUT2D eigenvalue weighted by Gasteiger charge is -2.23. The van der Waals surface area contributed by atoms with Gasteiger partial charge in [0.15, 0.2) is 12.4 Å². The number of pyridine rings is 1.